The Labute approximate surface area is 187 Å². The van der Waals surface area contributed by atoms with Crippen LogP contribution in [0, 0.1) is 0 Å². The van der Waals surface area contributed by atoms with Crippen LogP contribution in [-0.4, -0.2) is 60.0 Å². The first-order valence-corrected chi connectivity index (χ1v) is 10.6. The average Bonchev–Trinajstić information content (AvgIpc) is 3.38. The number of rotatable bonds is 6. The highest BCUT2D eigenvalue weighted by Crippen LogP contribution is 2.11. The predicted octanol–water partition coefficient (Wildman–Crippen LogP) is 1.90. The third-order valence-electron chi connectivity index (χ3n) is 5.27. The molecule has 2 N–H and O–H groups in total. The van der Waals surface area contributed by atoms with Gasteiger partial charge in [0.1, 0.15) is 5.76 Å². The van der Waals surface area contributed by atoms with Gasteiger partial charge in [-0.1, -0.05) is 12.1 Å². The second kappa shape index (κ2) is 10.4. The first kappa shape index (κ1) is 21.4. The molecule has 1 aliphatic rings. The number of amides is 1. The van der Waals surface area contributed by atoms with Crippen molar-refractivity contribution in [1.82, 2.24) is 25.5 Å². The molecule has 9 heteroatoms. The zero-order valence-electron chi connectivity index (χ0n) is 18.1. The maximum Gasteiger partial charge on any atom is 0.251 e. The van der Waals surface area contributed by atoms with Gasteiger partial charge in [0.15, 0.2) is 5.96 Å². The van der Waals surface area contributed by atoms with Gasteiger partial charge in [0.2, 0.25) is 5.95 Å². The van der Waals surface area contributed by atoms with Crippen molar-refractivity contribution in [3.8, 4) is 0 Å². The fraction of sp³-hybridized carbons (Fsp3) is 0.304. The zero-order chi connectivity index (χ0) is 22.2. The molecule has 1 aromatic carbocycles. The highest BCUT2D eigenvalue weighted by atomic mass is 16.3. The molecule has 32 heavy (non-hydrogen) atoms. The monoisotopic (exact) mass is 433 g/mol. The largest absolute Gasteiger partial charge is 0.467 e. The minimum Gasteiger partial charge on any atom is -0.467 e. The lowest BCUT2D eigenvalue weighted by molar-refractivity contribution is 0.0948. The third kappa shape index (κ3) is 5.42. The third-order valence-corrected chi connectivity index (χ3v) is 5.27. The van der Waals surface area contributed by atoms with Crippen molar-refractivity contribution in [1.29, 1.82) is 0 Å². The number of carbonyl (C=O) groups excluding carboxylic acids is 1. The molecule has 1 fully saturated rings. The molecule has 9 nitrogen and oxygen atoms in total. The van der Waals surface area contributed by atoms with E-state index in [4.69, 9.17) is 4.42 Å². The van der Waals surface area contributed by atoms with Crippen molar-refractivity contribution in [2.75, 3.05) is 38.1 Å². The summed E-state index contributed by atoms with van der Waals surface area (Å²) in [6.07, 6.45) is 5.12. The van der Waals surface area contributed by atoms with Gasteiger partial charge in [-0.3, -0.25) is 9.79 Å². The lowest BCUT2D eigenvalue weighted by Gasteiger charge is -2.36. The van der Waals surface area contributed by atoms with Crippen LogP contribution in [0.25, 0.3) is 0 Å². The molecule has 4 rings (SSSR count). The van der Waals surface area contributed by atoms with Crippen LogP contribution >= 0.6 is 0 Å². The Morgan fingerprint density at radius 1 is 1.03 bits per heavy atom. The van der Waals surface area contributed by atoms with E-state index < -0.39 is 0 Å². The van der Waals surface area contributed by atoms with E-state index in [-0.39, 0.29) is 5.91 Å². The molecule has 0 spiro atoms. The predicted molar refractivity (Wildman–Crippen MR) is 122 cm³/mol. The molecule has 1 saturated heterocycles. The number of benzene rings is 1. The van der Waals surface area contributed by atoms with E-state index in [1.165, 1.54) is 0 Å². The normalized spacial score (nSPS) is 14.3. The zero-order valence-corrected chi connectivity index (χ0v) is 18.1. The summed E-state index contributed by atoms with van der Waals surface area (Å²) in [5.41, 5.74) is 1.62. The topological polar surface area (TPSA) is 98.9 Å². The fourth-order valence-corrected chi connectivity index (χ4v) is 3.59. The molecule has 0 bridgehead atoms. The number of hydrogen-bond donors (Lipinski definition) is 2. The Bertz CT molecular complexity index is 1030. The van der Waals surface area contributed by atoms with E-state index in [1.807, 2.05) is 30.3 Å². The molecule has 0 aliphatic carbocycles. The Morgan fingerprint density at radius 3 is 2.56 bits per heavy atom. The van der Waals surface area contributed by atoms with Crippen LogP contribution in [0.2, 0.25) is 0 Å². The summed E-state index contributed by atoms with van der Waals surface area (Å²) < 4.78 is 5.26. The number of nitrogens with one attached hydrogen (secondary N) is 2. The van der Waals surface area contributed by atoms with E-state index in [0.717, 1.165) is 49.4 Å². The molecule has 1 amide bonds. The molecular formula is C23H27N7O2. The Kier molecular flexibility index (Phi) is 6.96. The molecule has 0 unspecified atom stereocenters. The number of aliphatic imine (C=N–C) groups is 1. The SMILES string of the molecule is CN=C(NCc1cccc(C(=O)NCc2ccco2)c1)N1CCN(c2ncccn2)CC1. The average molecular weight is 434 g/mol. The highest BCUT2D eigenvalue weighted by molar-refractivity contribution is 5.94. The second-order valence-corrected chi connectivity index (χ2v) is 7.39. The van der Waals surface area contributed by atoms with Gasteiger partial charge in [-0.2, -0.15) is 0 Å². The first-order chi connectivity index (χ1) is 15.7. The van der Waals surface area contributed by atoms with Crippen LogP contribution in [0.4, 0.5) is 5.95 Å². The summed E-state index contributed by atoms with van der Waals surface area (Å²) in [6, 6.07) is 13.0. The minimum atomic E-state index is -0.133. The van der Waals surface area contributed by atoms with Gasteiger partial charge in [-0.15, -0.1) is 0 Å². The van der Waals surface area contributed by atoms with Crippen LogP contribution in [-0.2, 0) is 13.1 Å². The van der Waals surface area contributed by atoms with Crippen molar-refractivity contribution >= 4 is 17.8 Å². The van der Waals surface area contributed by atoms with Gasteiger partial charge >= 0.3 is 0 Å². The number of piperazine rings is 1. The molecule has 1 aliphatic heterocycles. The summed E-state index contributed by atoms with van der Waals surface area (Å²) in [5, 5.41) is 6.28. The number of nitrogens with zero attached hydrogens (tertiary/aromatic N) is 5. The summed E-state index contributed by atoms with van der Waals surface area (Å²) >= 11 is 0. The molecular weight excluding hydrogens is 406 g/mol. The van der Waals surface area contributed by atoms with E-state index in [9.17, 15) is 4.79 Å². The number of carbonyl (C=O) groups is 1. The number of anilines is 1. The number of furan rings is 1. The Balaban J connectivity index is 1.29. The quantitative estimate of drug-likeness (QED) is 0.452. The summed E-state index contributed by atoms with van der Waals surface area (Å²) in [6.45, 7) is 4.25. The van der Waals surface area contributed by atoms with Crippen molar-refractivity contribution in [3.63, 3.8) is 0 Å². The van der Waals surface area contributed by atoms with E-state index in [0.29, 0.717) is 18.7 Å². The summed E-state index contributed by atoms with van der Waals surface area (Å²) in [5.74, 6) is 2.19. The second-order valence-electron chi connectivity index (χ2n) is 7.39. The molecule has 0 radical (unpaired) electrons. The van der Waals surface area contributed by atoms with Crippen LogP contribution in [0.1, 0.15) is 21.7 Å². The molecule has 3 heterocycles. The van der Waals surface area contributed by atoms with Crippen molar-refractivity contribution in [3.05, 3.63) is 78.0 Å². The molecule has 166 valence electrons. The molecule has 2 aromatic heterocycles. The number of aromatic nitrogens is 2. The van der Waals surface area contributed by atoms with E-state index in [2.05, 4.69) is 35.4 Å². The minimum absolute atomic E-state index is 0.133. The van der Waals surface area contributed by atoms with Gasteiger partial charge in [-0.25, -0.2) is 9.97 Å². The number of guanidine groups is 1. The van der Waals surface area contributed by atoms with Crippen LogP contribution in [0.5, 0.6) is 0 Å². The van der Waals surface area contributed by atoms with Crippen molar-refractivity contribution in [2.45, 2.75) is 13.1 Å². The van der Waals surface area contributed by atoms with Gasteiger partial charge in [0.25, 0.3) is 5.91 Å². The Hall–Kier alpha value is -3.88. The maximum atomic E-state index is 12.5. The molecule has 0 saturated carbocycles. The lowest BCUT2D eigenvalue weighted by Crippen LogP contribution is -2.52. The van der Waals surface area contributed by atoms with Crippen molar-refractivity contribution < 1.29 is 9.21 Å². The van der Waals surface area contributed by atoms with E-state index >= 15 is 0 Å². The van der Waals surface area contributed by atoms with Crippen LogP contribution in [0.3, 0.4) is 0 Å². The van der Waals surface area contributed by atoms with Gasteiger partial charge < -0.3 is 24.9 Å². The fourth-order valence-electron chi connectivity index (χ4n) is 3.59. The van der Waals surface area contributed by atoms with Crippen LogP contribution < -0.4 is 15.5 Å². The van der Waals surface area contributed by atoms with Crippen LogP contribution in [0.15, 0.2) is 70.5 Å². The van der Waals surface area contributed by atoms with Gasteiger partial charge in [0.05, 0.1) is 12.8 Å². The smallest absolute Gasteiger partial charge is 0.251 e. The molecule has 3 aromatic rings. The summed E-state index contributed by atoms with van der Waals surface area (Å²) in [7, 11) is 1.79. The van der Waals surface area contributed by atoms with Gasteiger partial charge in [0, 0.05) is 57.7 Å². The highest BCUT2D eigenvalue weighted by Gasteiger charge is 2.21. The van der Waals surface area contributed by atoms with Gasteiger partial charge in [-0.05, 0) is 35.9 Å². The summed E-state index contributed by atoms with van der Waals surface area (Å²) in [4.78, 5) is 30.0. The maximum absolute atomic E-state index is 12.5. The Morgan fingerprint density at radius 2 is 1.84 bits per heavy atom. The lowest BCUT2D eigenvalue weighted by atomic mass is 10.1. The van der Waals surface area contributed by atoms with Crippen molar-refractivity contribution in [2.24, 2.45) is 4.99 Å². The standard InChI is InChI=1S/C23H27N7O2/c1-24-22(29-10-12-30(13-11-29)23-25-8-4-9-26-23)28-16-18-5-2-6-19(15-18)21(31)27-17-20-7-3-14-32-20/h2-9,14-15H,10-13,16-17H2,1H3,(H,24,28)(H,27,31). The molecule has 0 atom stereocenters. The van der Waals surface area contributed by atoms with E-state index in [1.54, 1.807) is 37.8 Å². The number of hydrogen-bond acceptors (Lipinski definition) is 6. The first-order valence-electron chi connectivity index (χ1n) is 10.6.